The minimum Gasteiger partial charge on any atom is -0.386 e. The topological polar surface area (TPSA) is 727 Å². The van der Waals surface area contributed by atoms with Crippen LogP contribution in [0.4, 0.5) is 11.6 Å². The maximum atomic E-state index is 13.3. The van der Waals surface area contributed by atoms with Crippen LogP contribution in [0.5, 0.6) is 0 Å². The molecule has 4 fully saturated rings. The zero-order valence-corrected chi connectivity index (χ0v) is 70.2. The molecule has 6 heterocycles. The van der Waals surface area contributed by atoms with Gasteiger partial charge in [0.05, 0.1) is 39.1 Å². The Balaban J connectivity index is 0.573. The second-order valence-electron chi connectivity index (χ2n) is 30.6. The highest BCUT2D eigenvalue weighted by Crippen LogP contribution is 2.63. The highest BCUT2D eigenvalue weighted by molar-refractivity contribution is 7.61. The predicted molar refractivity (Wildman–Crippen MR) is 408 cm³/mol. The van der Waals surface area contributed by atoms with Crippen LogP contribution in [-0.4, -0.2) is 235 Å². The number of phosphoric ester groups is 6. The molecule has 2 saturated heterocycles. The molecule has 0 radical (unpaired) electrons. The molecule has 20 N–H and O–H groups in total. The molecule has 5 aromatic rings. The number of fused-ring (bicyclic) bond motifs is 2. The van der Waals surface area contributed by atoms with Crippen molar-refractivity contribution in [2.45, 2.75) is 198 Å². The average Bonchev–Trinajstić information content (AvgIpc) is 2.06. The maximum Gasteiger partial charge on any atom is 0.481 e. The van der Waals surface area contributed by atoms with Crippen LogP contribution >= 0.6 is 46.9 Å². The van der Waals surface area contributed by atoms with E-state index in [1.54, 1.807) is 0 Å². The third-order valence-electron chi connectivity index (χ3n) is 20.4. The molecule has 14 atom stereocenters. The first-order valence-electron chi connectivity index (χ1n) is 37.5. The molecule has 664 valence electrons. The molecule has 54 heteroatoms. The molecule has 2 aliphatic heterocycles. The SMILES string of the molecule is CC(C)(COP(=O)(O)OP(=O)(O)OCC1OC(n2cnc3c(N)ncnc32)C(O)C1OP(=O)(O)O)C(O)C(=O)NCCC(=O)NCCC(=O)C1(CCCCCc2ccc(CCCCC3(C(=O)CCNC(=O)CCNC(=O)C(O)C(C)(C)COP(=O)(O)OP(=O)(O)OCC4OC(n5cnc6c(N)ncnc65)C(O)C4OP(=O)(O)O)CC3)cc2)CC1. The number of hydrogen-bond acceptors (Lipinski definition) is 34. The Bertz CT molecular complexity index is 4720. The number of rotatable bonds is 51. The zero-order valence-electron chi connectivity index (χ0n) is 64.8. The standard InChI is InChI=1S/C65H100N14O34P6/c1-62(2,32-106-118(100,101)112-116(96,97)104-30-40-50(110-114(90,91)92)48(84)60(108-40)78-36-76-46-54(66)72-34-74-56(46)78)52(86)58(88)70-28-18-44(82)68-26-16-42(80)64(22-23-64)20-8-5-6-10-38-12-14-39(15-13-38)11-7-9-21-65(24-25-65)43(81)17-27-69-45(83)19-29-71-59(89)53(87)63(3,4)33-107-119(102,103)113-117(98,99)105-31-41-51(111-115(93,94)95)49(85)61(109-41)79-37-77-47-55(67)73-35-75-57(47)79/h12-15,34-37,40-41,48-53,60-61,84-87H,5-11,16-33H2,1-4H3,(H,68,82)(H,69,83)(H,70,88)(H,71,89)(H,96,97)(H,98,99)(H,100,101)(H,102,103)(H2,66,72,74)(H2,67,73,75)(H2,90,91,92)(H2,93,94,95). The number of aliphatic hydroxyl groups excluding tert-OH is 4. The fraction of sp³-hybridized carbons (Fsp3) is 0.662. The number of aryl methyl sites for hydroxylation is 2. The quantitative estimate of drug-likeness (QED) is 0.0195. The smallest absolute Gasteiger partial charge is 0.386 e. The summed E-state index contributed by atoms with van der Waals surface area (Å²) in [4.78, 5) is 181. The summed E-state index contributed by atoms with van der Waals surface area (Å²) in [5, 5.41) is 53.7. The molecule has 0 bridgehead atoms. The number of unbranched alkanes of at least 4 members (excludes halogenated alkanes) is 3. The molecule has 4 aliphatic rings. The Kier molecular flexibility index (Phi) is 32.5. The number of anilines is 2. The molecule has 2 aliphatic carbocycles. The van der Waals surface area contributed by atoms with E-state index in [4.69, 9.17) is 39.0 Å². The number of aromatic nitrogens is 8. The number of hydrogen-bond donors (Lipinski definition) is 18. The van der Waals surface area contributed by atoms with E-state index in [2.05, 4.69) is 93.1 Å². The highest BCUT2D eigenvalue weighted by atomic mass is 31.3. The Morgan fingerprint density at radius 2 is 0.849 bits per heavy atom. The van der Waals surface area contributed by atoms with Crippen molar-refractivity contribution in [3.05, 3.63) is 60.7 Å². The Labute approximate surface area is 679 Å². The van der Waals surface area contributed by atoms with Crippen molar-refractivity contribution < 1.29 is 161 Å². The van der Waals surface area contributed by atoms with Crippen molar-refractivity contribution in [1.82, 2.24) is 60.3 Å². The average molecular weight is 1810 g/mol. The number of ketones is 2. The van der Waals surface area contributed by atoms with Crippen LogP contribution in [0.1, 0.15) is 148 Å². The number of nitrogens with one attached hydrogen (secondary N) is 4. The van der Waals surface area contributed by atoms with Gasteiger partial charge in [-0.3, -0.25) is 65.0 Å². The van der Waals surface area contributed by atoms with Gasteiger partial charge in [0, 0.05) is 73.5 Å². The van der Waals surface area contributed by atoms with Crippen LogP contribution in [-0.2, 0) is 114 Å². The van der Waals surface area contributed by atoms with Gasteiger partial charge in [-0.2, -0.15) is 8.62 Å². The lowest BCUT2D eigenvalue weighted by atomic mass is 9.87. The molecule has 2 saturated carbocycles. The second kappa shape index (κ2) is 40.1. The van der Waals surface area contributed by atoms with E-state index < -0.39 is 180 Å². The van der Waals surface area contributed by atoms with Gasteiger partial charge >= 0.3 is 46.9 Å². The number of Topliss-reactive ketones (excluding diaryl/α,β-unsaturated/α-hetero) is 2. The molecule has 48 nitrogen and oxygen atoms in total. The Hall–Kier alpha value is -6.36. The van der Waals surface area contributed by atoms with Crippen molar-refractivity contribution in [1.29, 1.82) is 0 Å². The van der Waals surface area contributed by atoms with E-state index in [1.807, 2.05) is 0 Å². The van der Waals surface area contributed by atoms with E-state index in [9.17, 15) is 116 Å². The molecular weight excluding hydrogens is 1710 g/mol. The molecule has 4 amide bonds. The Morgan fingerprint density at radius 3 is 1.21 bits per heavy atom. The van der Waals surface area contributed by atoms with Crippen molar-refractivity contribution in [2.75, 3.05) is 64.1 Å². The number of ether oxygens (including phenoxy) is 2. The molecule has 14 unspecified atom stereocenters. The molecule has 119 heavy (non-hydrogen) atoms. The molecule has 0 spiro atoms. The summed E-state index contributed by atoms with van der Waals surface area (Å²) in [6, 6.07) is 8.40. The van der Waals surface area contributed by atoms with Gasteiger partial charge in [0.2, 0.25) is 23.6 Å². The number of carbonyl (C=O) groups excluding carboxylic acids is 6. The van der Waals surface area contributed by atoms with Gasteiger partial charge in [-0.25, -0.2) is 57.3 Å². The summed E-state index contributed by atoms with van der Waals surface area (Å²) in [6.45, 7) is 0.352. The van der Waals surface area contributed by atoms with Crippen LogP contribution in [0, 0.1) is 21.7 Å². The van der Waals surface area contributed by atoms with E-state index in [1.165, 1.54) is 33.3 Å². The van der Waals surface area contributed by atoms with Crippen LogP contribution in [0.25, 0.3) is 22.3 Å². The number of nitrogen functional groups attached to an aromatic ring is 2. The summed E-state index contributed by atoms with van der Waals surface area (Å²) in [5.74, 6) is -3.06. The van der Waals surface area contributed by atoms with Crippen molar-refractivity contribution in [3.63, 3.8) is 0 Å². The molecule has 1 aromatic carbocycles. The normalized spacial score (nSPS) is 23.0. The van der Waals surface area contributed by atoms with E-state index in [0.29, 0.717) is 6.42 Å². The number of nitrogens with two attached hydrogens (primary N) is 2. The monoisotopic (exact) mass is 1810 g/mol. The summed E-state index contributed by atoms with van der Waals surface area (Å²) in [7, 11) is -33.2. The number of aliphatic hydroxyl groups is 4. The number of imidazole rings is 2. The number of benzene rings is 1. The van der Waals surface area contributed by atoms with Crippen molar-refractivity contribution in [3.8, 4) is 0 Å². The van der Waals surface area contributed by atoms with E-state index >= 15 is 0 Å². The van der Waals surface area contributed by atoms with Gasteiger partial charge in [0.1, 0.15) is 84.1 Å². The minimum atomic E-state index is -5.64. The van der Waals surface area contributed by atoms with Crippen molar-refractivity contribution in [2.24, 2.45) is 21.7 Å². The number of amides is 4. The number of phosphoric acid groups is 6. The summed E-state index contributed by atoms with van der Waals surface area (Å²) in [6.07, 6.45) is -3.74. The van der Waals surface area contributed by atoms with Crippen molar-refractivity contribution >= 4 is 116 Å². The van der Waals surface area contributed by atoms with E-state index in [-0.39, 0.29) is 97.4 Å². The number of nitrogens with zero attached hydrogens (tertiary/aromatic N) is 8. The van der Waals surface area contributed by atoms with Crippen LogP contribution < -0.4 is 32.7 Å². The highest BCUT2D eigenvalue weighted by Gasteiger charge is 2.54. The molecule has 4 aromatic heterocycles. The summed E-state index contributed by atoms with van der Waals surface area (Å²) >= 11 is 0. The summed E-state index contributed by atoms with van der Waals surface area (Å²) in [5.41, 5.74) is 9.87. The molecule has 9 rings (SSSR count). The molecular formula is C65H100N14O34P6. The fourth-order valence-electron chi connectivity index (χ4n) is 13.3. The predicted octanol–water partition coefficient (Wildman–Crippen LogP) is 1.82. The van der Waals surface area contributed by atoms with Gasteiger partial charge in [-0.15, -0.1) is 0 Å². The lowest BCUT2D eigenvalue weighted by molar-refractivity contribution is -0.137. The number of carbonyl (C=O) groups is 6. The van der Waals surface area contributed by atoms with E-state index in [0.717, 1.165) is 117 Å². The van der Waals surface area contributed by atoms with Gasteiger partial charge in [0.15, 0.2) is 35.4 Å². The Morgan fingerprint density at radius 1 is 0.504 bits per heavy atom. The van der Waals surface area contributed by atoms with Gasteiger partial charge in [-0.05, 0) is 75.3 Å². The first-order chi connectivity index (χ1) is 55.5. The lowest BCUT2D eigenvalue weighted by Gasteiger charge is -2.30. The largest absolute Gasteiger partial charge is 0.481 e. The second-order valence-corrected chi connectivity index (χ2v) is 39.1. The van der Waals surface area contributed by atoms with Crippen LogP contribution in [0.3, 0.4) is 0 Å². The first-order valence-corrected chi connectivity index (χ1v) is 46.5. The van der Waals surface area contributed by atoms with Gasteiger partial charge in [0.25, 0.3) is 0 Å². The maximum absolute atomic E-state index is 13.3. The zero-order chi connectivity index (χ0) is 87.5. The summed E-state index contributed by atoms with van der Waals surface area (Å²) < 4.78 is 126. The fourth-order valence-corrected chi connectivity index (χ4v) is 19.0. The first kappa shape index (κ1) is 96.5. The van der Waals surface area contributed by atoms with Crippen LogP contribution in [0.15, 0.2) is 49.6 Å². The third kappa shape index (κ3) is 27.6. The third-order valence-corrected chi connectivity index (χ3v) is 26.6. The van der Waals surface area contributed by atoms with Gasteiger partial charge in [-0.1, -0.05) is 71.2 Å². The minimum absolute atomic E-state index is 0.00730. The van der Waals surface area contributed by atoms with Gasteiger partial charge < -0.3 is 102 Å². The van der Waals surface area contributed by atoms with Crippen LogP contribution in [0.2, 0.25) is 0 Å². The lowest BCUT2D eigenvalue weighted by Crippen LogP contribution is -2.46.